The van der Waals surface area contributed by atoms with Gasteiger partial charge in [-0.3, -0.25) is 9.59 Å². The number of carboxylic acid groups (broad SMARTS) is 1. The van der Waals surface area contributed by atoms with Crippen molar-refractivity contribution in [3.63, 3.8) is 0 Å². The molecule has 78 valence electrons. The summed E-state index contributed by atoms with van der Waals surface area (Å²) in [6, 6.07) is 0. The molecule has 0 aromatic rings. The van der Waals surface area contributed by atoms with Crippen LogP contribution in [-0.4, -0.2) is 60.5 Å². The fourth-order valence-corrected chi connectivity index (χ4v) is 2.72. The van der Waals surface area contributed by atoms with E-state index in [4.69, 9.17) is 5.11 Å². The molecule has 0 saturated carbocycles. The van der Waals surface area contributed by atoms with E-state index in [1.165, 1.54) is 0 Å². The topological polar surface area (TPSA) is 60.9 Å². The number of carbonyl (C=O) groups is 2. The molecule has 1 amide bonds. The standard InChI is InChI=1S/C9H14N2O3/c1-10-2-7(8(13)14)9(3-10)4-11(5-9)6-12/h6-7H,2-5H2,1H3,(H,13,14)/t7-/m0/s1. The maximum Gasteiger partial charge on any atom is 0.308 e. The van der Waals surface area contributed by atoms with Crippen molar-refractivity contribution in [2.24, 2.45) is 11.3 Å². The second-order valence-electron chi connectivity index (χ2n) is 4.46. The van der Waals surface area contributed by atoms with E-state index < -0.39 is 5.97 Å². The number of aliphatic carboxylic acids is 1. The highest BCUT2D eigenvalue weighted by molar-refractivity contribution is 5.73. The van der Waals surface area contributed by atoms with Crippen LogP contribution in [0.5, 0.6) is 0 Å². The second kappa shape index (κ2) is 2.95. The van der Waals surface area contributed by atoms with Crippen molar-refractivity contribution in [1.82, 2.24) is 9.80 Å². The lowest BCUT2D eigenvalue weighted by molar-refractivity contribution is -0.152. The summed E-state index contributed by atoms with van der Waals surface area (Å²) in [6.07, 6.45) is 0.794. The van der Waals surface area contributed by atoms with Crippen molar-refractivity contribution in [3.8, 4) is 0 Å². The van der Waals surface area contributed by atoms with Gasteiger partial charge in [0.15, 0.2) is 0 Å². The van der Waals surface area contributed by atoms with Gasteiger partial charge in [0.2, 0.25) is 6.41 Å². The Balaban J connectivity index is 2.11. The molecule has 2 aliphatic heterocycles. The van der Waals surface area contributed by atoms with Gasteiger partial charge in [-0.05, 0) is 7.05 Å². The van der Waals surface area contributed by atoms with Crippen LogP contribution in [0.4, 0.5) is 0 Å². The average molecular weight is 198 g/mol. The van der Waals surface area contributed by atoms with Crippen LogP contribution >= 0.6 is 0 Å². The fourth-order valence-electron chi connectivity index (χ4n) is 2.72. The number of carboxylic acids is 1. The summed E-state index contributed by atoms with van der Waals surface area (Å²) >= 11 is 0. The Labute approximate surface area is 82.3 Å². The maximum atomic E-state index is 11.0. The van der Waals surface area contributed by atoms with Crippen molar-refractivity contribution in [2.45, 2.75) is 0 Å². The molecule has 0 unspecified atom stereocenters. The van der Waals surface area contributed by atoms with E-state index in [-0.39, 0.29) is 11.3 Å². The Morgan fingerprint density at radius 3 is 2.64 bits per heavy atom. The lowest BCUT2D eigenvalue weighted by Gasteiger charge is -2.48. The molecule has 0 aromatic heterocycles. The monoisotopic (exact) mass is 198 g/mol. The Morgan fingerprint density at radius 1 is 1.50 bits per heavy atom. The zero-order valence-electron chi connectivity index (χ0n) is 8.14. The zero-order valence-corrected chi connectivity index (χ0v) is 8.14. The summed E-state index contributed by atoms with van der Waals surface area (Å²) in [5.74, 6) is -1.05. The summed E-state index contributed by atoms with van der Waals surface area (Å²) in [5.41, 5.74) is -0.179. The number of likely N-dealkylation sites (tertiary alicyclic amines) is 2. The van der Waals surface area contributed by atoms with E-state index in [0.29, 0.717) is 19.6 Å². The van der Waals surface area contributed by atoms with Gasteiger partial charge in [-0.1, -0.05) is 0 Å². The molecule has 2 rings (SSSR count). The van der Waals surface area contributed by atoms with Crippen LogP contribution in [0.3, 0.4) is 0 Å². The minimum atomic E-state index is -0.736. The predicted octanol–water partition coefficient (Wildman–Crippen LogP) is -0.909. The molecule has 5 heteroatoms. The van der Waals surface area contributed by atoms with Crippen LogP contribution in [0.1, 0.15) is 0 Å². The number of hydrogen-bond donors (Lipinski definition) is 1. The first-order valence-corrected chi connectivity index (χ1v) is 4.68. The van der Waals surface area contributed by atoms with Gasteiger partial charge >= 0.3 is 5.97 Å². The molecule has 1 N–H and O–H groups in total. The molecule has 1 atom stereocenters. The van der Waals surface area contributed by atoms with Crippen LogP contribution in [0, 0.1) is 11.3 Å². The van der Waals surface area contributed by atoms with Crippen LogP contribution in [-0.2, 0) is 9.59 Å². The first kappa shape index (κ1) is 9.45. The SMILES string of the molecule is CN1C[C@@H](C(=O)O)C2(C1)CN(C=O)C2. The Kier molecular flexibility index (Phi) is 1.99. The van der Waals surface area contributed by atoms with Crippen LogP contribution in [0.15, 0.2) is 0 Å². The highest BCUT2D eigenvalue weighted by Gasteiger charge is 2.56. The normalized spacial score (nSPS) is 30.4. The molecule has 14 heavy (non-hydrogen) atoms. The Bertz CT molecular complexity index is 273. The van der Waals surface area contributed by atoms with Crippen molar-refractivity contribution >= 4 is 12.4 Å². The first-order chi connectivity index (χ1) is 6.57. The minimum absolute atomic E-state index is 0.179. The average Bonchev–Trinajstić information content (AvgIpc) is 2.40. The summed E-state index contributed by atoms with van der Waals surface area (Å²) in [7, 11) is 1.92. The van der Waals surface area contributed by atoms with Gasteiger partial charge in [0.25, 0.3) is 0 Å². The molecule has 2 heterocycles. The molecule has 5 nitrogen and oxygen atoms in total. The number of rotatable bonds is 2. The lowest BCUT2D eigenvalue weighted by Crippen LogP contribution is -2.60. The highest BCUT2D eigenvalue weighted by Crippen LogP contribution is 2.42. The van der Waals surface area contributed by atoms with Gasteiger partial charge in [0.1, 0.15) is 0 Å². The van der Waals surface area contributed by atoms with E-state index in [1.54, 1.807) is 4.90 Å². The van der Waals surface area contributed by atoms with Gasteiger partial charge in [-0.25, -0.2) is 0 Å². The van der Waals surface area contributed by atoms with Crippen LogP contribution in [0.25, 0.3) is 0 Å². The van der Waals surface area contributed by atoms with Gasteiger partial charge in [0, 0.05) is 31.6 Å². The van der Waals surface area contributed by atoms with Crippen LogP contribution < -0.4 is 0 Å². The molecular formula is C9H14N2O3. The number of amides is 1. The summed E-state index contributed by atoms with van der Waals surface area (Å²) < 4.78 is 0. The second-order valence-corrected chi connectivity index (χ2v) is 4.46. The quantitative estimate of drug-likeness (QED) is 0.584. The van der Waals surface area contributed by atoms with E-state index in [1.807, 2.05) is 11.9 Å². The maximum absolute atomic E-state index is 11.0. The molecule has 2 aliphatic rings. The van der Waals surface area contributed by atoms with E-state index in [9.17, 15) is 9.59 Å². The molecule has 1 spiro atoms. The summed E-state index contributed by atoms with van der Waals surface area (Å²) in [6.45, 7) is 2.58. The molecule has 0 radical (unpaired) electrons. The summed E-state index contributed by atoms with van der Waals surface area (Å²) in [4.78, 5) is 25.1. The highest BCUT2D eigenvalue weighted by atomic mass is 16.4. The van der Waals surface area contributed by atoms with Crippen molar-refractivity contribution in [1.29, 1.82) is 0 Å². The fraction of sp³-hybridized carbons (Fsp3) is 0.778. The van der Waals surface area contributed by atoms with Gasteiger partial charge in [0.05, 0.1) is 5.92 Å². The number of nitrogens with zero attached hydrogens (tertiary/aromatic N) is 2. The smallest absolute Gasteiger partial charge is 0.308 e. The Morgan fingerprint density at radius 2 is 2.14 bits per heavy atom. The molecule has 0 aromatic carbocycles. The number of hydrogen-bond acceptors (Lipinski definition) is 3. The lowest BCUT2D eigenvalue weighted by atomic mass is 9.72. The van der Waals surface area contributed by atoms with Gasteiger partial charge in [-0.15, -0.1) is 0 Å². The number of carbonyl (C=O) groups excluding carboxylic acids is 1. The Hall–Kier alpha value is -1.10. The molecule has 0 bridgehead atoms. The van der Waals surface area contributed by atoms with Gasteiger partial charge in [-0.2, -0.15) is 0 Å². The predicted molar refractivity (Wildman–Crippen MR) is 48.7 cm³/mol. The molecule has 2 fully saturated rings. The zero-order chi connectivity index (χ0) is 10.3. The first-order valence-electron chi connectivity index (χ1n) is 4.68. The minimum Gasteiger partial charge on any atom is -0.481 e. The molecular weight excluding hydrogens is 184 g/mol. The van der Waals surface area contributed by atoms with Crippen molar-refractivity contribution in [3.05, 3.63) is 0 Å². The van der Waals surface area contributed by atoms with E-state index in [0.717, 1.165) is 13.0 Å². The van der Waals surface area contributed by atoms with E-state index in [2.05, 4.69) is 0 Å². The van der Waals surface area contributed by atoms with Crippen molar-refractivity contribution < 1.29 is 14.7 Å². The van der Waals surface area contributed by atoms with Crippen molar-refractivity contribution in [2.75, 3.05) is 33.2 Å². The largest absolute Gasteiger partial charge is 0.481 e. The third-order valence-corrected chi connectivity index (χ3v) is 3.30. The van der Waals surface area contributed by atoms with E-state index >= 15 is 0 Å². The molecule has 0 aliphatic carbocycles. The molecule has 2 saturated heterocycles. The third kappa shape index (κ3) is 1.19. The van der Waals surface area contributed by atoms with Gasteiger partial charge < -0.3 is 14.9 Å². The van der Waals surface area contributed by atoms with Crippen LogP contribution in [0.2, 0.25) is 0 Å². The summed E-state index contributed by atoms with van der Waals surface area (Å²) in [5, 5.41) is 9.06. The third-order valence-electron chi connectivity index (χ3n) is 3.30.